The van der Waals surface area contributed by atoms with Gasteiger partial charge >= 0.3 is 5.97 Å². The number of carbonyl (C=O) groups excluding carboxylic acids is 2. The second kappa shape index (κ2) is 9.98. The topological polar surface area (TPSA) is 120 Å². The van der Waals surface area contributed by atoms with Crippen LogP contribution in [0, 0.1) is 10.1 Å². The standard InChI is InChI=1S/C18H25N3O6/c1-12(2)27-18(23)10-15(14-5-3-4-6-16(14)21(24)25)20-17(22)9-13-11-26-8-7-19-13/h3-6,12-13,15,19H,7-11H2,1-2H3,(H,20,22). The van der Waals surface area contributed by atoms with Crippen molar-refractivity contribution in [2.75, 3.05) is 19.8 Å². The van der Waals surface area contributed by atoms with Crippen LogP contribution in [0.25, 0.3) is 0 Å². The van der Waals surface area contributed by atoms with Crippen LogP contribution < -0.4 is 10.6 Å². The fourth-order valence-corrected chi connectivity index (χ4v) is 2.89. The number of nitro groups is 1. The molecule has 2 N–H and O–H groups in total. The quantitative estimate of drug-likeness (QED) is 0.399. The third kappa shape index (κ3) is 6.61. The summed E-state index contributed by atoms with van der Waals surface area (Å²) < 4.78 is 10.5. The molecule has 27 heavy (non-hydrogen) atoms. The minimum Gasteiger partial charge on any atom is -0.463 e. The van der Waals surface area contributed by atoms with Crippen LogP contribution in [0.1, 0.15) is 38.3 Å². The number of rotatable bonds is 8. The lowest BCUT2D eigenvalue weighted by Crippen LogP contribution is -2.44. The van der Waals surface area contributed by atoms with E-state index < -0.39 is 16.9 Å². The molecule has 1 aromatic carbocycles. The summed E-state index contributed by atoms with van der Waals surface area (Å²) in [5, 5.41) is 17.3. The molecule has 1 fully saturated rings. The van der Waals surface area contributed by atoms with E-state index in [1.807, 2.05) is 0 Å². The maximum atomic E-state index is 12.5. The van der Waals surface area contributed by atoms with Gasteiger partial charge < -0.3 is 20.1 Å². The van der Waals surface area contributed by atoms with Crippen LogP contribution in [-0.4, -0.2) is 48.7 Å². The molecule has 1 heterocycles. The molecular formula is C18H25N3O6. The first-order valence-electron chi connectivity index (χ1n) is 8.90. The van der Waals surface area contributed by atoms with Crippen molar-refractivity contribution >= 4 is 17.6 Å². The van der Waals surface area contributed by atoms with Crippen LogP contribution in [0.2, 0.25) is 0 Å². The van der Waals surface area contributed by atoms with E-state index in [1.54, 1.807) is 19.9 Å². The van der Waals surface area contributed by atoms with Gasteiger partial charge in [-0.25, -0.2) is 0 Å². The van der Waals surface area contributed by atoms with Crippen LogP contribution >= 0.6 is 0 Å². The van der Waals surface area contributed by atoms with Gasteiger partial charge in [0.2, 0.25) is 5.91 Å². The fraction of sp³-hybridized carbons (Fsp3) is 0.556. The molecule has 1 aliphatic heterocycles. The molecule has 9 nitrogen and oxygen atoms in total. The summed E-state index contributed by atoms with van der Waals surface area (Å²) in [4.78, 5) is 35.4. The molecule has 2 atom stereocenters. The Morgan fingerprint density at radius 2 is 2.15 bits per heavy atom. The number of ether oxygens (including phenoxy) is 2. The van der Waals surface area contributed by atoms with Crippen LogP contribution in [0.5, 0.6) is 0 Å². The first-order chi connectivity index (χ1) is 12.9. The van der Waals surface area contributed by atoms with E-state index in [2.05, 4.69) is 10.6 Å². The third-order valence-corrected chi connectivity index (χ3v) is 4.01. The number of nitrogens with zero attached hydrogens (tertiary/aromatic N) is 1. The van der Waals surface area contributed by atoms with Gasteiger partial charge in [0.05, 0.1) is 42.3 Å². The SMILES string of the molecule is CC(C)OC(=O)CC(NC(=O)CC1COCCN1)c1ccccc1[N+](=O)[O-]. The molecule has 9 heteroatoms. The van der Waals surface area contributed by atoms with Crippen molar-refractivity contribution in [1.29, 1.82) is 0 Å². The highest BCUT2D eigenvalue weighted by Gasteiger charge is 2.27. The molecule has 0 aromatic heterocycles. The molecule has 0 spiro atoms. The van der Waals surface area contributed by atoms with Crippen molar-refractivity contribution in [3.05, 3.63) is 39.9 Å². The van der Waals surface area contributed by atoms with E-state index in [4.69, 9.17) is 9.47 Å². The third-order valence-electron chi connectivity index (χ3n) is 4.01. The predicted molar refractivity (Wildman–Crippen MR) is 97.1 cm³/mol. The average Bonchev–Trinajstić information content (AvgIpc) is 2.61. The maximum absolute atomic E-state index is 12.5. The highest BCUT2D eigenvalue weighted by Crippen LogP contribution is 2.27. The predicted octanol–water partition coefficient (Wildman–Crippen LogP) is 1.47. The summed E-state index contributed by atoms with van der Waals surface area (Å²) in [5.74, 6) is -0.855. The van der Waals surface area contributed by atoms with Gasteiger partial charge in [0, 0.05) is 25.1 Å². The summed E-state index contributed by atoms with van der Waals surface area (Å²) in [5.41, 5.74) is 0.115. The van der Waals surface area contributed by atoms with Crippen molar-refractivity contribution in [1.82, 2.24) is 10.6 Å². The Hall–Kier alpha value is -2.52. The van der Waals surface area contributed by atoms with Gasteiger partial charge in [-0.3, -0.25) is 19.7 Å². The first kappa shape index (κ1) is 20.8. The molecule has 0 aliphatic carbocycles. The number of esters is 1. The van der Waals surface area contributed by atoms with E-state index in [0.717, 1.165) is 0 Å². The van der Waals surface area contributed by atoms with Crippen molar-refractivity contribution < 1.29 is 24.0 Å². The van der Waals surface area contributed by atoms with Gasteiger partial charge in [0.15, 0.2) is 0 Å². The second-order valence-electron chi connectivity index (χ2n) is 6.61. The Morgan fingerprint density at radius 1 is 1.41 bits per heavy atom. The lowest BCUT2D eigenvalue weighted by Gasteiger charge is -2.25. The summed E-state index contributed by atoms with van der Waals surface area (Å²) in [6, 6.07) is 5.07. The minimum atomic E-state index is -0.852. The number of amides is 1. The molecule has 1 saturated heterocycles. The van der Waals surface area contributed by atoms with E-state index >= 15 is 0 Å². The fourth-order valence-electron chi connectivity index (χ4n) is 2.89. The molecule has 0 bridgehead atoms. The Morgan fingerprint density at radius 3 is 2.78 bits per heavy atom. The van der Waals surface area contributed by atoms with Gasteiger partial charge in [-0.15, -0.1) is 0 Å². The van der Waals surface area contributed by atoms with E-state index in [1.165, 1.54) is 18.2 Å². The molecule has 0 radical (unpaired) electrons. The van der Waals surface area contributed by atoms with Crippen molar-refractivity contribution in [3.8, 4) is 0 Å². The number of nitrogens with one attached hydrogen (secondary N) is 2. The first-order valence-corrected chi connectivity index (χ1v) is 8.90. The van der Waals surface area contributed by atoms with E-state index in [9.17, 15) is 19.7 Å². The van der Waals surface area contributed by atoms with Gasteiger partial charge in [0.1, 0.15) is 0 Å². The zero-order valence-electron chi connectivity index (χ0n) is 15.5. The summed E-state index contributed by atoms with van der Waals surface area (Å²) in [6.07, 6.45) is -0.358. The molecule has 2 rings (SSSR count). The largest absolute Gasteiger partial charge is 0.463 e. The molecular weight excluding hydrogens is 354 g/mol. The number of para-hydroxylation sites is 1. The van der Waals surface area contributed by atoms with Crippen molar-refractivity contribution in [3.63, 3.8) is 0 Å². The number of hydrogen-bond donors (Lipinski definition) is 2. The van der Waals surface area contributed by atoms with Gasteiger partial charge in [-0.2, -0.15) is 0 Å². The number of nitro benzene ring substituents is 1. The lowest BCUT2D eigenvalue weighted by molar-refractivity contribution is -0.385. The average molecular weight is 379 g/mol. The Bertz CT molecular complexity index is 673. The Labute approximate surface area is 157 Å². The molecule has 1 aliphatic rings. The van der Waals surface area contributed by atoms with Crippen LogP contribution in [0.15, 0.2) is 24.3 Å². The summed E-state index contributed by atoms with van der Waals surface area (Å²) >= 11 is 0. The molecule has 1 aromatic rings. The highest BCUT2D eigenvalue weighted by atomic mass is 16.6. The minimum absolute atomic E-state index is 0.132. The van der Waals surface area contributed by atoms with Crippen molar-refractivity contribution in [2.24, 2.45) is 0 Å². The maximum Gasteiger partial charge on any atom is 0.308 e. The summed E-state index contributed by atoms with van der Waals surface area (Å²) in [7, 11) is 0. The number of hydrogen-bond acceptors (Lipinski definition) is 7. The van der Waals surface area contributed by atoms with Crippen LogP contribution in [0.3, 0.4) is 0 Å². The number of morpholine rings is 1. The molecule has 1 amide bonds. The van der Waals surface area contributed by atoms with Crippen molar-refractivity contribution in [2.45, 2.75) is 44.9 Å². The summed E-state index contributed by atoms with van der Waals surface area (Å²) in [6.45, 7) is 5.10. The monoisotopic (exact) mass is 379 g/mol. The highest BCUT2D eigenvalue weighted by molar-refractivity contribution is 5.79. The molecule has 2 unspecified atom stereocenters. The van der Waals surface area contributed by atoms with Crippen LogP contribution in [0.4, 0.5) is 5.69 Å². The smallest absolute Gasteiger partial charge is 0.308 e. The van der Waals surface area contributed by atoms with Crippen LogP contribution in [-0.2, 0) is 19.1 Å². The van der Waals surface area contributed by atoms with E-state index in [0.29, 0.717) is 19.8 Å². The van der Waals surface area contributed by atoms with Gasteiger partial charge in [-0.1, -0.05) is 18.2 Å². The molecule has 0 saturated carbocycles. The Kier molecular flexibility index (Phi) is 7.68. The normalized spacial score (nSPS) is 18.0. The zero-order valence-corrected chi connectivity index (χ0v) is 15.5. The van der Waals surface area contributed by atoms with E-state index in [-0.39, 0.29) is 42.1 Å². The van der Waals surface area contributed by atoms with Gasteiger partial charge in [-0.05, 0) is 13.8 Å². The Balaban J connectivity index is 2.15. The number of carbonyl (C=O) groups is 2. The number of benzene rings is 1. The molecule has 148 valence electrons. The second-order valence-corrected chi connectivity index (χ2v) is 6.61. The zero-order chi connectivity index (χ0) is 19.8. The van der Waals surface area contributed by atoms with Gasteiger partial charge in [0.25, 0.3) is 5.69 Å². The lowest BCUT2D eigenvalue weighted by atomic mass is 10.0.